The molecule has 20 heavy (non-hydrogen) atoms. The van der Waals surface area contributed by atoms with Crippen LogP contribution in [-0.4, -0.2) is 52.9 Å². The highest BCUT2D eigenvalue weighted by Gasteiger charge is 2.32. The molecule has 0 saturated carbocycles. The van der Waals surface area contributed by atoms with Crippen LogP contribution in [0.4, 0.5) is 0 Å². The molecule has 0 bridgehead atoms. The van der Waals surface area contributed by atoms with E-state index in [-0.39, 0.29) is 5.91 Å². The zero-order valence-corrected chi connectivity index (χ0v) is 12.7. The normalized spacial score (nSPS) is 23.5. The predicted molar refractivity (Wildman–Crippen MR) is 79.4 cm³/mol. The number of pyridine rings is 1. The van der Waals surface area contributed by atoms with E-state index in [1.807, 2.05) is 4.90 Å². The van der Waals surface area contributed by atoms with Gasteiger partial charge in [0.25, 0.3) is 5.91 Å². The van der Waals surface area contributed by atoms with Crippen molar-refractivity contribution in [3.8, 4) is 0 Å². The fraction of sp³-hybridized carbons (Fsp3) is 0.571. The van der Waals surface area contributed by atoms with Crippen molar-refractivity contribution in [2.24, 2.45) is 0 Å². The van der Waals surface area contributed by atoms with Gasteiger partial charge in [0.1, 0.15) is 5.15 Å². The van der Waals surface area contributed by atoms with E-state index in [0.717, 1.165) is 32.6 Å². The molecule has 0 aromatic carbocycles. The summed E-state index contributed by atoms with van der Waals surface area (Å²) < 4.78 is 0. The van der Waals surface area contributed by atoms with Crippen molar-refractivity contribution in [2.75, 3.05) is 26.2 Å². The highest BCUT2D eigenvalue weighted by atomic mass is 35.5. The van der Waals surface area contributed by atoms with Gasteiger partial charge in [-0.25, -0.2) is 4.98 Å². The van der Waals surface area contributed by atoms with Gasteiger partial charge in [0.05, 0.1) is 10.6 Å². The molecule has 3 rings (SSSR count). The van der Waals surface area contributed by atoms with Gasteiger partial charge < -0.3 is 4.90 Å². The Balaban J connectivity index is 1.70. The summed E-state index contributed by atoms with van der Waals surface area (Å²) in [6, 6.07) is 2.05. The highest BCUT2D eigenvalue weighted by Crippen LogP contribution is 2.25. The van der Waals surface area contributed by atoms with Crippen LogP contribution in [0.1, 0.15) is 29.6 Å². The Morgan fingerprint density at radius 1 is 1.25 bits per heavy atom. The third-order valence-corrected chi connectivity index (χ3v) is 4.67. The minimum Gasteiger partial charge on any atom is -0.337 e. The molecule has 6 heteroatoms. The van der Waals surface area contributed by atoms with Crippen molar-refractivity contribution in [2.45, 2.75) is 25.3 Å². The average Bonchev–Trinajstić information content (AvgIpc) is 3.10. The molecule has 4 nitrogen and oxygen atoms in total. The number of carbonyl (C=O) groups excluding carboxylic acids is 1. The highest BCUT2D eigenvalue weighted by molar-refractivity contribution is 6.35. The lowest BCUT2D eigenvalue weighted by molar-refractivity contribution is 0.0780. The second kappa shape index (κ2) is 5.88. The molecule has 1 aromatic rings. The Bertz CT molecular complexity index is 517. The lowest BCUT2D eigenvalue weighted by Gasteiger charge is -2.23. The van der Waals surface area contributed by atoms with Crippen molar-refractivity contribution in [1.82, 2.24) is 14.8 Å². The van der Waals surface area contributed by atoms with Crippen LogP contribution in [0.3, 0.4) is 0 Å². The minimum atomic E-state index is -0.0407. The quantitative estimate of drug-likeness (QED) is 0.788. The molecule has 2 aliphatic rings. The van der Waals surface area contributed by atoms with E-state index in [0.29, 0.717) is 21.8 Å². The van der Waals surface area contributed by atoms with Gasteiger partial charge in [0, 0.05) is 25.3 Å². The Kier molecular flexibility index (Phi) is 4.15. The second-order valence-corrected chi connectivity index (χ2v) is 6.22. The van der Waals surface area contributed by atoms with Crippen LogP contribution in [0.2, 0.25) is 10.2 Å². The molecule has 0 N–H and O–H groups in total. The molecule has 1 aromatic heterocycles. The summed E-state index contributed by atoms with van der Waals surface area (Å²) in [7, 11) is 0. The summed E-state index contributed by atoms with van der Waals surface area (Å²) in [4.78, 5) is 20.8. The van der Waals surface area contributed by atoms with Crippen LogP contribution in [0.5, 0.6) is 0 Å². The van der Waals surface area contributed by atoms with Crippen molar-refractivity contribution >= 4 is 29.1 Å². The summed E-state index contributed by atoms with van der Waals surface area (Å²) in [5.41, 5.74) is 0.453. The standard InChI is InChI=1S/C14H17Cl2N3O/c15-12-8-17-13(16)7-11(12)14(20)19-6-3-10(9-19)18-4-1-2-5-18/h7-8,10H,1-6,9H2. The fourth-order valence-electron chi connectivity index (χ4n) is 3.08. The Morgan fingerprint density at radius 2 is 2.00 bits per heavy atom. The van der Waals surface area contributed by atoms with Crippen LogP contribution >= 0.6 is 23.2 Å². The van der Waals surface area contributed by atoms with Gasteiger partial charge in [-0.2, -0.15) is 0 Å². The molecule has 108 valence electrons. The van der Waals surface area contributed by atoms with Gasteiger partial charge in [0.2, 0.25) is 0 Å². The molecule has 1 atom stereocenters. The molecule has 2 saturated heterocycles. The molecule has 0 aliphatic carbocycles. The maximum Gasteiger partial charge on any atom is 0.255 e. The monoisotopic (exact) mass is 313 g/mol. The smallest absolute Gasteiger partial charge is 0.255 e. The van der Waals surface area contributed by atoms with E-state index in [1.54, 1.807) is 6.07 Å². The maximum absolute atomic E-state index is 12.5. The van der Waals surface area contributed by atoms with E-state index in [9.17, 15) is 4.79 Å². The molecule has 2 fully saturated rings. The molecule has 2 aliphatic heterocycles. The molecule has 1 amide bonds. The summed E-state index contributed by atoms with van der Waals surface area (Å²) in [6.45, 7) is 3.90. The first-order chi connectivity index (χ1) is 9.65. The number of likely N-dealkylation sites (tertiary alicyclic amines) is 2. The van der Waals surface area contributed by atoms with Crippen molar-refractivity contribution in [1.29, 1.82) is 0 Å². The first kappa shape index (κ1) is 14.1. The van der Waals surface area contributed by atoms with Gasteiger partial charge >= 0.3 is 0 Å². The van der Waals surface area contributed by atoms with E-state index < -0.39 is 0 Å². The topological polar surface area (TPSA) is 36.4 Å². The number of amides is 1. The van der Waals surface area contributed by atoms with Crippen molar-refractivity contribution < 1.29 is 4.79 Å². The van der Waals surface area contributed by atoms with Gasteiger partial charge in [-0.1, -0.05) is 23.2 Å². The Morgan fingerprint density at radius 3 is 2.75 bits per heavy atom. The van der Waals surface area contributed by atoms with Crippen LogP contribution in [0.25, 0.3) is 0 Å². The number of hydrogen-bond acceptors (Lipinski definition) is 3. The first-order valence-corrected chi connectivity index (χ1v) is 7.75. The van der Waals surface area contributed by atoms with Crippen LogP contribution in [0, 0.1) is 0 Å². The van der Waals surface area contributed by atoms with Gasteiger partial charge in [-0.3, -0.25) is 9.69 Å². The van der Waals surface area contributed by atoms with E-state index >= 15 is 0 Å². The number of nitrogens with zero attached hydrogens (tertiary/aromatic N) is 3. The molecule has 3 heterocycles. The van der Waals surface area contributed by atoms with Crippen LogP contribution < -0.4 is 0 Å². The van der Waals surface area contributed by atoms with Gasteiger partial charge in [-0.15, -0.1) is 0 Å². The number of halogens is 2. The Labute approximate surface area is 128 Å². The summed E-state index contributed by atoms with van der Waals surface area (Å²) in [6.07, 6.45) is 5.03. The van der Waals surface area contributed by atoms with E-state index in [2.05, 4.69) is 9.88 Å². The molecular weight excluding hydrogens is 297 g/mol. The average molecular weight is 314 g/mol. The molecule has 0 radical (unpaired) electrons. The van der Waals surface area contributed by atoms with Gasteiger partial charge in [0.15, 0.2) is 0 Å². The van der Waals surface area contributed by atoms with E-state index in [4.69, 9.17) is 23.2 Å². The van der Waals surface area contributed by atoms with Crippen molar-refractivity contribution in [3.63, 3.8) is 0 Å². The third kappa shape index (κ3) is 2.78. The van der Waals surface area contributed by atoms with Crippen LogP contribution in [0.15, 0.2) is 12.3 Å². The minimum absolute atomic E-state index is 0.0407. The summed E-state index contributed by atoms with van der Waals surface area (Å²) in [5, 5.41) is 0.664. The SMILES string of the molecule is O=C(c1cc(Cl)ncc1Cl)N1CCC(N2CCCC2)C1. The summed E-state index contributed by atoms with van der Waals surface area (Å²) in [5.74, 6) is -0.0407. The lowest BCUT2D eigenvalue weighted by atomic mass is 10.2. The number of hydrogen-bond donors (Lipinski definition) is 0. The molecular formula is C14H17Cl2N3O. The second-order valence-electron chi connectivity index (χ2n) is 5.42. The zero-order valence-electron chi connectivity index (χ0n) is 11.2. The number of aromatic nitrogens is 1. The van der Waals surface area contributed by atoms with Gasteiger partial charge in [-0.05, 0) is 38.4 Å². The Hall–Kier alpha value is -0.840. The number of rotatable bonds is 2. The predicted octanol–water partition coefficient (Wildman–Crippen LogP) is 2.70. The third-order valence-electron chi connectivity index (χ3n) is 4.16. The van der Waals surface area contributed by atoms with Crippen LogP contribution in [-0.2, 0) is 0 Å². The summed E-state index contributed by atoms with van der Waals surface area (Å²) >= 11 is 11.9. The molecule has 1 unspecified atom stereocenters. The van der Waals surface area contributed by atoms with E-state index in [1.165, 1.54) is 19.0 Å². The lowest BCUT2D eigenvalue weighted by Crippen LogP contribution is -2.37. The zero-order chi connectivity index (χ0) is 14.1. The molecule has 0 spiro atoms. The fourth-order valence-corrected chi connectivity index (χ4v) is 3.42. The number of carbonyl (C=O) groups is 1. The van der Waals surface area contributed by atoms with Crippen molar-refractivity contribution in [3.05, 3.63) is 28.0 Å². The maximum atomic E-state index is 12.5. The largest absolute Gasteiger partial charge is 0.337 e. The first-order valence-electron chi connectivity index (χ1n) is 6.99.